The minimum atomic E-state index is -1.16. The number of hydrogen-bond acceptors (Lipinski definition) is 4. The van der Waals surface area contributed by atoms with Gasteiger partial charge in [-0.1, -0.05) is 34.8 Å². The Morgan fingerprint density at radius 1 is 1.05 bits per heavy atom. The van der Waals surface area contributed by atoms with Crippen LogP contribution in [-0.4, -0.2) is 27.2 Å². The smallest absolute Gasteiger partial charge is 0.337 e. The molecule has 0 atom stereocenters. The van der Waals surface area contributed by atoms with Crippen molar-refractivity contribution in [2.75, 3.05) is 5.32 Å². The molecule has 108 valence electrons. The molecule has 0 saturated carbocycles. The van der Waals surface area contributed by atoms with E-state index >= 15 is 0 Å². The summed E-state index contributed by atoms with van der Waals surface area (Å²) in [4.78, 5) is 22.9. The molecule has 0 radical (unpaired) electrons. The Balaban J connectivity index is 2.26. The predicted molar refractivity (Wildman–Crippen MR) is 78.4 cm³/mol. The molecule has 6 nitrogen and oxygen atoms in total. The summed E-state index contributed by atoms with van der Waals surface area (Å²) in [6.45, 7) is 0. The topological polar surface area (TPSA) is 92.2 Å². The maximum atomic E-state index is 12.0. The lowest BCUT2D eigenvalue weighted by Gasteiger charge is -2.07. The minimum absolute atomic E-state index is 0.00252. The summed E-state index contributed by atoms with van der Waals surface area (Å²) in [7, 11) is 0. The molecule has 2 rings (SSSR count). The number of halogens is 3. The monoisotopic (exact) mass is 345 g/mol. The Bertz CT molecular complexity index is 737. The first-order valence-electron chi connectivity index (χ1n) is 5.41. The van der Waals surface area contributed by atoms with E-state index in [1.807, 2.05) is 0 Å². The molecule has 1 aromatic heterocycles. The number of anilines is 1. The summed E-state index contributed by atoms with van der Waals surface area (Å²) < 4.78 is 0. The van der Waals surface area contributed by atoms with E-state index in [1.165, 1.54) is 24.3 Å². The molecule has 0 spiro atoms. The number of nitrogens with zero attached hydrogens (tertiary/aromatic N) is 2. The van der Waals surface area contributed by atoms with Gasteiger partial charge in [-0.3, -0.25) is 4.79 Å². The van der Waals surface area contributed by atoms with E-state index in [0.29, 0.717) is 5.69 Å². The molecule has 0 bridgehead atoms. The number of carboxylic acid groups (broad SMARTS) is 1. The molecule has 0 fully saturated rings. The molecule has 2 aromatic rings. The lowest BCUT2D eigenvalue weighted by Crippen LogP contribution is -2.13. The molecule has 1 heterocycles. The van der Waals surface area contributed by atoms with Gasteiger partial charge in [-0.2, -0.15) is 0 Å². The van der Waals surface area contributed by atoms with Crippen molar-refractivity contribution in [1.29, 1.82) is 0 Å². The van der Waals surface area contributed by atoms with E-state index in [9.17, 15) is 9.59 Å². The van der Waals surface area contributed by atoms with Gasteiger partial charge in [-0.15, -0.1) is 10.2 Å². The summed E-state index contributed by atoms with van der Waals surface area (Å²) >= 11 is 17.2. The van der Waals surface area contributed by atoms with Crippen LogP contribution in [-0.2, 0) is 0 Å². The molecular formula is C12H6Cl3N3O3. The molecule has 9 heteroatoms. The Morgan fingerprint density at radius 2 is 1.76 bits per heavy atom. The van der Waals surface area contributed by atoms with Crippen LogP contribution < -0.4 is 5.32 Å². The van der Waals surface area contributed by atoms with Gasteiger partial charge in [0.2, 0.25) is 0 Å². The van der Waals surface area contributed by atoms with Gasteiger partial charge in [0.25, 0.3) is 5.91 Å². The van der Waals surface area contributed by atoms with Crippen LogP contribution >= 0.6 is 34.8 Å². The van der Waals surface area contributed by atoms with E-state index in [4.69, 9.17) is 39.9 Å². The van der Waals surface area contributed by atoms with Crippen molar-refractivity contribution in [2.24, 2.45) is 0 Å². The number of amides is 1. The maximum Gasteiger partial charge on any atom is 0.337 e. The van der Waals surface area contributed by atoms with E-state index in [0.717, 1.165) is 0 Å². The fraction of sp³-hybridized carbons (Fsp3) is 0. The zero-order valence-electron chi connectivity index (χ0n) is 10.1. The van der Waals surface area contributed by atoms with Gasteiger partial charge < -0.3 is 10.4 Å². The Labute approximate surface area is 133 Å². The van der Waals surface area contributed by atoms with Crippen molar-refractivity contribution >= 4 is 52.4 Å². The average molecular weight is 347 g/mol. The van der Waals surface area contributed by atoms with E-state index in [-0.39, 0.29) is 26.5 Å². The second kappa shape index (κ2) is 6.26. The zero-order valence-corrected chi connectivity index (χ0v) is 12.4. The van der Waals surface area contributed by atoms with Crippen LogP contribution in [0.4, 0.5) is 5.69 Å². The average Bonchev–Trinajstić information content (AvgIpc) is 2.41. The van der Waals surface area contributed by atoms with Gasteiger partial charge in [-0.25, -0.2) is 4.79 Å². The van der Waals surface area contributed by atoms with Crippen molar-refractivity contribution in [3.63, 3.8) is 0 Å². The van der Waals surface area contributed by atoms with Crippen molar-refractivity contribution in [3.05, 3.63) is 50.7 Å². The number of nitrogens with one attached hydrogen (secondary N) is 1. The molecule has 0 unspecified atom stereocenters. The highest BCUT2D eigenvalue weighted by Gasteiger charge is 2.15. The number of aromatic nitrogens is 2. The largest absolute Gasteiger partial charge is 0.478 e. The Kier molecular flexibility index (Phi) is 4.62. The third kappa shape index (κ3) is 3.60. The van der Waals surface area contributed by atoms with Crippen LogP contribution in [0.3, 0.4) is 0 Å². The number of carboxylic acids is 1. The zero-order chi connectivity index (χ0) is 15.6. The van der Waals surface area contributed by atoms with Gasteiger partial charge in [-0.05, 0) is 24.3 Å². The molecule has 0 saturated heterocycles. The van der Waals surface area contributed by atoms with Crippen LogP contribution in [0, 0.1) is 0 Å². The minimum Gasteiger partial charge on any atom is -0.478 e. The lowest BCUT2D eigenvalue weighted by atomic mass is 10.2. The van der Waals surface area contributed by atoms with E-state index in [1.54, 1.807) is 0 Å². The molecule has 1 amide bonds. The summed E-state index contributed by atoms with van der Waals surface area (Å²) in [5, 5.41) is 18.3. The number of hydrogen-bond donors (Lipinski definition) is 2. The number of carbonyl (C=O) groups is 2. The lowest BCUT2D eigenvalue weighted by molar-refractivity contribution is 0.0697. The third-order valence-electron chi connectivity index (χ3n) is 2.42. The van der Waals surface area contributed by atoms with Gasteiger partial charge in [0.05, 0.1) is 16.1 Å². The van der Waals surface area contributed by atoms with Gasteiger partial charge in [0.15, 0.2) is 10.3 Å². The number of rotatable bonds is 3. The standard InChI is InChI=1S/C12H6Cl3N3O3/c13-8-3-5(1-2-6(8)12(20)21)16-11(19)7-4-9(14)17-18-10(7)15/h1-4H,(H,16,19)(H,20,21). The molecular weight excluding hydrogens is 341 g/mol. The molecule has 0 aliphatic heterocycles. The Morgan fingerprint density at radius 3 is 2.38 bits per heavy atom. The fourth-order valence-corrected chi connectivity index (χ4v) is 2.06. The Hall–Kier alpha value is -1.89. The summed E-state index contributed by atoms with van der Waals surface area (Å²) in [6.07, 6.45) is 0. The van der Waals surface area contributed by atoms with Crippen molar-refractivity contribution in [2.45, 2.75) is 0 Å². The van der Waals surface area contributed by atoms with Gasteiger partial charge in [0.1, 0.15) is 0 Å². The highest BCUT2D eigenvalue weighted by atomic mass is 35.5. The van der Waals surface area contributed by atoms with Crippen LogP contribution in [0.25, 0.3) is 0 Å². The fourth-order valence-electron chi connectivity index (χ4n) is 1.48. The first-order chi connectivity index (χ1) is 9.88. The van der Waals surface area contributed by atoms with Gasteiger partial charge in [0, 0.05) is 5.69 Å². The summed E-state index contributed by atoms with van der Waals surface area (Å²) in [6, 6.07) is 5.25. The van der Waals surface area contributed by atoms with E-state index in [2.05, 4.69) is 15.5 Å². The van der Waals surface area contributed by atoms with Crippen LogP contribution in [0.5, 0.6) is 0 Å². The maximum absolute atomic E-state index is 12.0. The number of aromatic carboxylic acids is 1. The van der Waals surface area contributed by atoms with Crippen molar-refractivity contribution in [1.82, 2.24) is 10.2 Å². The van der Waals surface area contributed by atoms with Crippen molar-refractivity contribution < 1.29 is 14.7 Å². The van der Waals surface area contributed by atoms with E-state index < -0.39 is 11.9 Å². The SMILES string of the molecule is O=C(O)c1ccc(NC(=O)c2cc(Cl)nnc2Cl)cc1Cl. The summed E-state index contributed by atoms with van der Waals surface area (Å²) in [5.74, 6) is -1.73. The highest BCUT2D eigenvalue weighted by Crippen LogP contribution is 2.22. The van der Waals surface area contributed by atoms with Crippen molar-refractivity contribution in [3.8, 4) is 0 Å². The third-order valence-corrected chi connectivity index (χ3v) is 3.20. The predicted octanol–water partition coefficient (Wildman–Crippen LogP) is 3.39. The van der Waals surface area contributed by atoms with Crippen LogP contribution in [0.2, 0.25) is 15.3 Å². The van der Waals surface area contributed by atoms with Crippen LogP contribution in [0.1, 0.15) is 20.7 Å². The quantitative estimate of drug-likeness (QED) is 0.888. The number of benzene rings is 1. The second-order valence-electron chi connectivity index (χ2n) is 3.83. The molecule has 2 N–H and O–H groups in total. The summed E-state index contributed by atoms with van der Waals surface area (Å²) in [5.41, 5.74) is 0.274. The number of carbonyl (C=O) groups excluding carboxylic acids is 1. The second-order valence-corrected chi connectivity index (χ2v) is 4.98. The highest BCUT2D eigenvalue weighted by molar-refractivity contribution is 6.35. The van der Waals surface area contributed by atoms with Gasteiger partial charge >= 0.3 is 5.97 Å². The molecule has 0 aliphatic rings. The first-order valence-corrected chi connectivity index (χ1v) is 6.55. The molecule has 0 aliphatic carbocycles. The first kappa shape index (κ1) is 15.5. The normalized spacial score (nSPS) is 10.2. The van der Waals surface area contributed by atoms with Crippen LogP contribution in [0.15, 0.2) is 24.3 Å². The molecule has 21 heavy (non-hydrogen) atoms. The molecule has 1 aromatic carbocycles.